The van der Waals surface area contributed by atoms with Gasteiger partial charge in [0.25, 0.3) is 5.91 Å². The monoisotopic (exact) mass is 805 g/mol. The lowest BCUT2D eigenvalue weighted by molar-refractivity contribution is -0.137. The average molecular weight is 806 g/mol. The predicted molar refractivity (Wildman–Crippen MR) is 210 cm³/mol. The smallest absolute Gasteiger partial charge is 0.256 e. The maximum atomic E-state index is 14.8. The second-order valence-corrected chi connectivity index (χ2v) is 16.5. The van der Waals surface area contributed by atoms with Gasteiger partial charge in [0.15, 0.2) is 5.82 Å². The maximum absolute atomic E-state index is 14.8. The number of nitrogens with zero attached hydrogens (tertiary/aromatic N) is 5. The number of anilines is 1. The Morgan fingerprint density at radius 2 is 1.70 bits per heavy atom. The maximum Gasteiger partial charge on any atom is 0.256 e. The summed E-state index contributed by atoms with van der Waals surface area (Å²) in [7, 11) is 1.89. The minimum absolute atomic E-state index is 0.0295. The van der Waals surface area contributed by atoms with E-state index in [2.05, 4.69) is 47.0 Å². The Kier molecular flexibility index (Phi) is 13.2. The van der Waals surface area contributed by atoms with Crippen LogP contribution in [0.25, 0.3) is 11.3 Å². The van der Waals surface area contributed by atoms with E-state index < -0.39 is 17.8 Å². The Morgan fingerprint density at radius 3 is 2.49 bits per heavy atom. The number of aromatic nitrogens is 4. The number of amides is 5. The Hall–Kier alpha value is -4.81. The number of hydrogen-bond donors (Lipinski definition) is 6. The van der Waals surface area contributed by atoms with Crippen LogP contribution in [-0.2, 0) is 45.7 Å². The molecule has 7 rings (SSSR count). The van der Waals surface area contributed by atoms with Crippen LogP contribution < -0.4 is 31.9 Å². The van der Waals surface area contributed by atoms with Crippen molar-refractivity contribution in [2.75, 3.05) is 31.5 Å². The Morgan fingerprint density at radius 1 is 0.930 bits per heavy atom. The molecule has 0 bridgehead atoms. The lowest BCUT2D eigenvalue weighted by Gasteiger charge is -2.29. The van der Waals surface area contributed by atoms with Crippen LogP contribution in [0.2, 0.25) is 0 Å². The van der Waals surface area contributed by atoms with Gasteiger partial charge >= 0.3 is 0 Å². The van der Waals surface area contributed by atoms with E-state index in [1.54, 1.807) is 11.6 Å². The number of carbonyl (C=O) groups excluding carboxylic acids is 5. The van der Waals surface area contributed by atoms with E-state index >= 15 is 0 Å². The highest BCUT2D eigenvalue weighted by atomic mass is 32.1. The van der Waals surface area contributed by atoms with Gasteiger partial charge in [0.1, 0.15) is 11.7 Å². The Labute approximate surface area is 334 Å². The number of nitrogens with one attached hydrogen (secondary N) is 6. The number of unbranched alkanes of at least 4 members (excludes halogenated alkanes) is 2. The van der Waals surface area contributed by atoms with E-state index in [0.29, 0.717) is 43.5 Å². The summed E-state index contributed by atoms with van der Waals surface area (Å²) in [6.45, 7) is 2.28. The van der Waals surface area contributed by atoms with Crippen LogP contribution in [0.4, 0.5) is 10.3 Å². The largest absolute Gasteiger partial charge is 0.355 e. The molecule has 1 atom stereocenters. The number of hydrogen-bond acceptors (Lipinski definition) is 12. The molecule has 3 aromatic heterocycles. The molecular formula is C39H52FN11O5S. The third-order valence-corrected chi connectivity index (χ3v) is 12.4. The molecule has 3 aromatic rings. The van der Waals surface area contributed by atoms with E-state index in [1.165, 1.54) is 35.3 Å². The van der Waals surface area contributed by atoms with Crippen molar-refractivity contribution in [1.82, 2.24) is 51.2 Å². The average Bonchev–Trinajstić information content (AvgIpc) is 3.70. The highest BCUT2D eigenvalue weighted by molar-refractivity contribution is 7.10. The van der Waals surface area contributed by atoms with Gasteiger partial charge in [-0.15, -0.1) is 11.3 Å². The van der Waals surface area contributed by atoms with Crippen LogP contribution in [0.1, 0.15) is 97.1 Å². The first-order valence-electron chi connectivity index (χ1n) is 20.1. The zero-order valence-electron chi connectivity index (χ0n) is 32.3. The van der Waals surface area contributed by atoms with Crippen LogP contribution in [-0.4, -0.2) is 98.5 Å². The first-order chi connectivity index (χ1) is 27.6. The van der Waals surface area contributed by atoms with Crippen molar-refractivity contribution in [1.29, 1.82) is 0 Å². The fourth-order valence-electron chi connectivity index (χ4n) is 7.82. The SMILES string of the molecule is Cn1ncc(-c2nc(NC3CCC(NCC(=O)NCCCCCNCC(=O)NCc4scc5c4CN(C4CCC(=O)NC4=O)C5=O)CC3)ncc2F)c1CC1CC1. The first kappa shape index (κ1) is 40.4. The molecule has 3 fully saturated rings. The second-order valence-electron chi connectivity index (χ2n) is 15.6. The van der Waals surface area contributed by atoms with E-state index in [4.69, 9.17) is 0 Å². The zero-order valence-corrected chi connectivity index (χ0v) is 33.1. The summed E-state index contributed by atoms with van der Waals surface area (Å²) in [4.78, 5) is 72.8. The molecule has 5 amide bonds. The van der Waals surface area contributed by atoms with Crippen molar-refractivity contribution in [2.45, 2.75) is 108 Å². The predicted octanol–water partition coefficient (Wildman–Crippen LogP) is 2.30. The lowest BCUT2D eigenvalue weighted by atomic mass is 9.91. The number of rotatable bonds is 19. The summed E-state index contributed by atoms with van der Waals surface area (Å²) in [5.74, 6) is -0.559. The summed E-state index contributed by atoms with van der Waals surface area (Å²) in [6.07, 6.45) is 12.9. The van der Waals surface area contributed by atoms with Crippen LogP contribution in [0.3, 0.4) is 0 Å². The van der Waals surface area contributed by atoms with Gasteiger partial charge in [-0.3, -0.25) is 34.0 Å². The molecule has 18 heteroatoms. The van der Waals surface area contributed by atoms with Gasteiger partial charge in [0.05, 0.1) is 37.6 Å². The lowest BCUT2D eigenvalue weighted by Crippen LogP contribution is -2.52. The normalized spacial score (nSPS) is 20.7. The van der Waals surface area contributed by atoms with Crippen LogP contribution in [0.5, 0.6) is 0 Å². The molecule has 6 N–H and O–H groups in total. The number of thiophene rings is 1. The highest BCUT2D eigenvalue weighted by Gasteiger charge is 2.40. The highest BCUT2D eigenvalue weighted by Crippen LogP contribution is 2.36. The van der Waals surface area contributed by atoms with Gasteiger partial charge in [-0.05, 0) is 82.2 Å². The molecule has 306 valence electrons. The number of piperidine rings is 1. The van der Waals surface area contributed by atoms with Crippen molar-refractivity contribution >= 4 is 46.8 Å². The first-order valence-corrected chi connectivity index (χ1v) is 21.0. The summed E-state index contributed by atoms with van der Waals surface area (Å²) in [5.41, 5.74) is 3.41. The Balaban J connectivity index is 0.710. The van der Waals surface area contributed by atoms with E-state index in [0.717, 1.165) is 73.1 Å². The summed E-state index contributed by atoms with van der Waals surface area (Å²) >= 11 is 1.41. The van der Waals surface area contributed by atoms with Crippen LogP contribution in [0, 0.1) is 11.7 Å². The van der Waals surface area contributed by atoms with Crippen molar-refractivity contribution in [2.24, 2.45) is 13.0 Å². The van der Waals surface area contributed by atoms with Crippen LogP contribution >= 0.6 is 11.3 Å². The molecule has 57 heavy (non-hydrogen) atoms. The zero-order chi connectivity index (χ0) is 39.9. The van der Waals surface area contributed by atoms with Gasteiger partial charge < -0.3 is 31.5 Å². The standard InChI is InChI=1S/C39H52FN11O5S/c1-50-31(15-23-5-6-23)26(16-46-50)36-29(40)17-45-39(49-36)47-25-9-7-24(8-10-25)43-20-35(54)42-14-4-2-3-13-41-19-34(53)44-18-32-27-21-51(38(56)28(27)22-57-32)30-11-12-33(52)48-37(30)55/h16-17,22-25,30,41,43H,2-15,18-21H2,1H3,(H,42,54)(H,44,53)(H,45,47,49)(H,48,52,55). The number of aryl methyl sites for hydroxylation is 1. The second kappa shape index (κ2) is 18.6. The van der Waals surface area contributed by atoms with Gasteiger partial charge in [-0.25, -0.2) is 14.4 Å². The van der Waals surface area contributed by atoms with Crippen molar-refractivity contribution < 1.29 is 28.4 Å². The molecule has 16 nitrogen and oxygen atoms in total. The third kappa shape index (κ3) is 10.4. The number of imide groups is 1. The van der Waals surface area contributed by atoms with Crippen molar-refractivity contribution in [3.05, 3.63) is 45.3 Å². The van der Waals surface area contributed by atoms with Gasteiger partial charge in [-0.2, -0.15) is 5.10 Å². The quantitative estimate of drug-likeness (QED) is 0.0767. The molecule has 1 unspecified atom stereocenters. The topological polar surface area (TPSA) is 204 Å². The van der Waals surface area contributed by atoms with E-state index in [1.807, 2.05) is 11.7 Å². The molecule has 0 radical (unpaired) electrons. The number of carbonyl (C=O) groups is 5. The van der Waals surface area contributed by atoms with E-state index in [-0.39, 0.29) is 67.5 Å². The third-order valence-electron chi connectivity index (χ3n) is 11.3. The molecule has 0 aromatic carbocycles. The molecular weight excluding hydrogens is 754 g/mol. The van der Waals surface area contributed by atoms with Gasteiger partial charge in [0.2, 0.25) is 29.6 Å². The number of halogens is 1. The molecule has 4 aliphatic rings. The fourth-order valence-corrected chi connectivity index (χ4v) is 8.80. The van der Waals surface area contributed by atoms with Gasteiger partial charge in [-0.1, -0.05) is 6.42 Å². The minimum atomic E-state index is -0.662. The molecule has 1 saturated heterocycles. The summed E-state index contributed by atoms with van der Waals surface area (Å²) in [6, 6.07) is -0.252. The Bertz CT molecular complexity index is 1960. The number of fused-ring (bicyclic) bond motifs is 1. The molecule has 2 aliphatic heterocycles. The summed E-state index contributed by atoms with van der Waals surface area (Å²) < 4.78 is 16.7. The minimum Gasteiger partial charge on any atom is -0.355 e. The van der Waals surface area contributed by atoms with Gasteiger partial charge in [0, 0.05) is 60.2 Å². The van der Waals surface area contributed by atoms with Crippen LogP contribution in [0.15, 0.2) is 17.8 Å². The molecule has 2 saturated carbocycles. The fraction of sp³-hybridized carbons (Fsp3) is 0.590. The molecule has 2 aliphatic carbocycles. The summed E-state index contributed by atoms with van der Waals surface area (Å²) in [5, 5.41) is 24.3. The van der Waals surface area contributed by atoms with Crippen molar-refractivity contribution in [3.63, 3.8) is 0 Å². The molecule has 5 heterocycles. The van der Waals surface area contributed by atoms with Crippen molar-refractivity contribution in [3.8, 4) is 11.3 Å². The van der Waals surface area contributed by atoms with E-state index in [9.17, 15) is 28.4 Å². The molecule has 0 spiro atoms.